The Bertz CT molecular complexity index is 1360. The van der Waals surface area contributed by atoms with E-state index in [1.807, 2.05) is 0 Å². The number of benzene rings is 2. The van der Waals surface area contributed by atoms with Crippen LogP contribution in [0.5, 0.6) is 0 Å². The minimum atomic E-state index is -0.873. The van der Waals surface area contributed by atoms with Gasteiger partial charge in [-0.05, 0) is 75.6 Å². The molecule has 2 aromatic carbocycles. The molecule has 7 nitrogen and oxygen atoms in total. The van der Waals surface area contributed by atoms with Crippen molar-refractivity contribution in [1.29, 1.82) is 0 Å². The maximum atomic E-state index is 13.4. The van der Waals surface area contributed by atoms with Gasteiger partial charge >= 0.3 is 5.97 Å². The second-order valence-corrected chi connectivity index (χ2v) is 12.2. The molecule has 12 heteroatoms. The third-order valence-electron chi connectivity index (χ3n) is 9.42. The van der Waals surface area contributed by atoms with E-state index in [9.17, 15) is 37.1 Å². The van der Waals surface area contributed by atoms with E-state index in [0.717, 1.165) is 49.9 Å². The van der Waals surface area contributed by atoms with E-state index in [-0.39, 0.29) is 36.0 Å². The van der Waals surface area contributed by atoms with Gasteiger partial charge in [0.05, 0.1) is 16.7 Å². The topological polar surface area (TPSA) is 104 Å². The van der Waals surface area contributed by atoms with Crippen LogP contribution in [0.2, 0.25) is 0 Å². The molecule has 2 heterocycles. The predicted molar refractivity (Wildman–Crippen MR) is 155 cm³/mol. The minimum absolute atomic E-state index is 0. The molecule has 0 radical (unpaired) electrons. The quantitative estimate of drug-likeness (QED) is 0.409. The van der Waals surface area contributed by atoms with Crippen LogP contribution in [0.25, 0.3) is 0 Å². The first-order valence-corrected chi connectivity index (χ1v) is 14.5. The summed E-state index contributed by atoms with van der Waals surface area (Å²) in [5.74, 6) is -4.39. The SMILES string of the molecule is Cl.N[C@H]1CCC[C@]2(CCN(c3cc(F)cc(F)c3)C2=O)C1.O=C(O)[C@H]1CCC[C@]2(CCN(c3cc(F)cc(F)c3)C2=O)C1. The average molecular weight is 626 g/mol. The largest absolute Gasteiger partial charge is 0.481 e. The highest BCUT2D eigenvalue weighted by Crippen LogP contribution is 2.48. The number of hydrogen-bond donors (Lipinski definition) is 2. The lowest BCUT2D eigenvalue weighted by molar-refractivity contribution is -0.145. The third-order valence-corrected chi connectivity index (χ3v) is 9.42. The Morgan fingerprint density at radius 1 is 0.721 bits per heavy atom. The molecule has 3 N–H and O–H groups in total. The molecule has 234 valence electrons. The highest BCUT2D eigenvalue weighted by atomic mass is 35.5. The Balaban J connectivity index is 0.000000193. The second-order valence-electron chi connectivity index (χ2n) is 12.2. The number of anilines is 2. The van der Waals surface area contributed by atoms with Crippen LogP contribution in [0.3, 0.4) is 0 Å². The number of nitrogens with zero attached hydrogens (tertiary/aromatic N) is 2. The van der Waals surface area contributed by atoms with Crippen LogP contribution in [0.4, 0.5) is 28.9 Å². The molecular formula is C31H36ClF4N3O4. The molecular weight excluding hydrogens is 590 g/mol. The molecule has 0 aromatic heterocycles. The van der Waals surface area contributed by atoms with Crippen LogP contribution >= 0.6 is 12.4 Å². The Kier molecular flexibility index (Phi) is 9.76. The van der Waals surface area contributed by atoms with E-state index in [4.69, 9.17) is 5.73 Å². The Morgan fingerprint density at radius 2 is 1.14 bits per heavy atom. The molecule has 43 heavy (non-hydrogen) atoms. The summed E-state index contributed by atoms with van der Waals surface area (Å²) in [5.41, 5.74) is 5.40. The van der Waals surface area contributed by atoms with Crippen LogP contribution in [-0.4, -0.2) is 42.0 Å². The zero-order valence-corrected chi connectivity index (χ0v) is 24.5. The summed E-state index contributed by atoms with van der Waals surface area (Å²) >= 11 is 0. The number of amides is 2. The molecule has 2 aliphatic heterocycles. The van der Waals surface area contributed by atoms with E-state index in [1.165, 1.54) is 21.9 Å². The van der Waals surface area contributed by atoms with E-state index in [2.05, 4.69) is 0 Å². The number of carboxylic acid groups (broad SMARTS) is 1. The zero-order chi connectivity index (χ0) is 30.2. The summed E-state index contributed by atoms with van der Waals surface area (Å²) < 4.78 is 53.3. The lowest BCUT2D eigenvalue weighted by Gasteiger charge is -2.35. The molecule has 4 fully saturated rings. The van der Waals surface area contributed by atoms with Gasteiger partial charge in [-0.1, -0.05) is 12.8 Å². The molecule has 2 saturated carbocycles. The smallest absolute Gasteiger partial charge is 0.306 e. The van der Waals surface area contributed by atoms with Gasteiger partial charge in [0.1, 0.15) is 23.3 Å². The predicted octanol–water partition coefficient (Wildman–Crippen LogP) is 5.97. The van der Waals surface area contributed by atoms with E-state index >= 15 is 0 Å². The standard InChI is InChI=1S/C16H17F2NO3.C15H18F2N2O.ClH/c17-11-6-12(18)8-13(7-11)19-5-4-16(15(19)22)3-1-2-10(9-16)14(20)21;16-10-6-11(17)8-13(7-10)19-5-4-15(14(19)20)3-1-2-12(18)9-15;/h6-8,10H,1-5,9H2,(H,20,21);6-8,12H,1-5,9,18H2;1H/t10-,16-;12-,15-;/m00./s1. The first-order valence-electron chi connectivity index (χ1n) is 14.5. The van der Waals surface area contributed by atoms with Crippen molar-refractivity contribution >= 4 is 41.6 Å². The number of rotatable bonds is 3. The monoisotopic (exact) mass is 625 g/mol. The van der Waals surface area contributed by atoms with Gasteiger partial charge in [0, 0.05) is 42.6 Å². The maximum absolute atomic E-state index is 13.4. The first-order chi connectivity index (χ1) is 19.9. The van der Waals surface area contributed by atoms with E-state index in [1.54, 1.807) is 0 Å². The van der Waals surface area contributed by atoms with Crippen LogP contribution in [0.15, 0.2) is 36.4 Å². The van der Waals surface area contributed by atoms with Gasteiger partial charge in [-0.25, -0.2) is 17.6 Å². The Hall–Kier alpha value is -3.18. The molecule has 0 unspecified atom stereocenters. The van der Waals surface area contributed by atoms with Gasteiger partial charge in [-0.2, -0.15) is 0 Å². The molecule has 0 bridgehead atoms. The molecule has 2 saturated heterocycles. The van der Waals surface area contributed by atoms with Crippen molar-refractivity contribution in [1.82, 2.24) is 0 Å². The van der Waals surface area contributed by atoms with Crippen LogP contribution in [0, 0.1) is 40.0 Å². The highest BCUT2D eigenvalue weighted by molar-refractivity contribution is 6.01. The summed E-state index contributed by atoms with van der Waals surface area (Å²) in [6, 6.07) is 6.33. The molecule has 2 aliphatic carbocycles. The number of carbonyl (C=O) groups excluding carboxylic acids is 2. The lowest BCUT2D eigenvalue weighted by Crippen LogP contribution is -2.42. The van der Waals surface area contributed by atoms with Gasteiger partial charge in [0.2, 0.25) is 11.8 Å². The Labute approximate surface area is 253 Å². The van der Waals surface area contributed by atoms with Crippen LogP contribution in [0.1, 0.15) is 64.2 Å². The number of halogens is 5. The Morgan fingerprint density at radius 3 is 1.56 bits per heavy atom. The number of nitrogens with two attached hydrogens (primary N) is 1. The molecule has 2 spiro atoms. The maximum Gasteiger partial charge on any atom is 0.306 e. The van der Waals surface area contributed by atoms with Gasteiger partial charge < -0.3 is 20.6 Å². The number of carboxylic acids is 1. The summed E-state index contributed by atoms with van der Waals surface area (Å²) in [4.78, 5) is 39.5. The molecule has 4 aliphatic rings. The van der Waals surface area contributed by atoms with Crippen molar-refractivity contribution in [2.45, 2.75) is 70.3 Å². The van der Waals surface area contributed by atoms with Crippen LogP contribution in [-0.2, 0) is 14.4 Å². The van der Waals surface area contributed by atoms with Crippen molar-refractivity contribution in [3.63, 3.8) is 0 Å². The fourth-order valence-electron chi connectivity index (χ4n) is 7.35. The summed E-state index contributed by atoms with van der Waals surface area (Å²) in [6.07, 6.45) is 6.88. The normalized spacial score (nSPS) is 28.6. The first kappa shape index (κ1) is 32.7. The van der Waals surface area contributed by atoms with Crippen molar-refractivity contribution in [3.8, 4) is 0 Å². The molecule has 6 rings (SSSR count). The second kappa shape index (κ2) is 12.8. The lowest BCUT2D eigenvalue weighted by atomic mass is 9.68. The fourth-order valence-corrected chi connectivity index (χ4v) is 7.35. The minimum Gasteiger partial charge on any atom is -0.481 e. The van der Waals surface area contributed by atoms with E-state index < -0.39 is 46.0 Å². The molecule has 2 aromatic rings. The van der Waals surface area contributed by atoms with Gasteiger partial charge in [0.15, 0.2) is 0 Å². The van der Waals surface area contributed by atoms with Gasteiger partial charge in [0.25, 0.3) is 0 Å². The summed E-state index contributed by atoms with van der Waals surface area (Å²) in [5, 5.41) is 9.20. The average Bonchev–Trinajstić information content (AvgIpc) is 3.39. The molecule has 2 amide bonds. The molecule has 4 atom stereocenters. The number of hydrogen-bond acceptors (Lipinski definition) is 4. The summed E-state index contributed by atoms with van der Waals surface area (Å²) in [7, 11) is 0. The number of carbonyl (C=O) groups is 3. The van der Waals surface area contributed by atoms with Gasteiger partial charge in [-0.15, -0.1) is 12.4 Å². The fraction of sp³-hybridized carbons (Fsp3) is 0.516. The number of aliphatic carboxylic acids is 1. The van der Waals surface area contributed by atoms with Crippen molar-refractivity contribution in [3.05, 3.63) is 59.7 Å². The van der Waals surface area contributed by atoms with Crippen molar-refractivity contribution in [2.75, 3.05) is 22.9 Å². The summed E-state index contributed by atoms with van der Waals surface area (Å²) in [6.45, 7) is 0.877. The third kappa shape index (κ3) is 6.67. The van der Waals surface area contributed by atoms with Crippen molar-refractivity contribution < 1.29 is 37.1 Å². The van der Waals surface area contributed by atoms with Gasteiger partial charge in [-0.3, -0.25) is 14.4 Å². The highest BCUT2D eigenvalue weighted by Gasteiger charge is 2.51. The van der Waals surface area contributed by atoms with Crippen molar-refractivity contribution in [2.24, 2.45) is 22.5 Å². The zero-order valence-electron chi connectivity index (χ0n) is 23.7. The van der Waals surface area contributed by atoms with E-state index in [0.29, 0.717) is 57.3 Å². The van der Waals surface area contributed by atoms with Crippen LogP contribution < -0.4 is 15.5 Å².